The Bertz CT molecular complexity index is 1780. The Labute approximate surface area is 215 Å². The molecule has 0 saturated carbocycles. The number of pyridine rings is 4. The fourth-order valence-corrected chi connectivity index (χ4v) is 5.13. The summed E-state index contributed by atoms with van der Waals surface area (Å²) in [7, 11) is 0. The lowest BCUT2D eigenvalue weighted by Gasteiger charge is -2.15. The van der Waals surface area contributed by atoms with E-state index in [2.05, 4.69) is 41.2 Å². The number of aromatic amines is 2. The van der Waals surface area contributed by atoms with Crippen LogP contribution in [0.5, 0.6) is 0 Å². The highest BCUT2D eigenvalue weighted by Gasteiger charge is 2.37. The molecular weight excluding hydrogens is 486 g/mol. The van der Waals surface area contributed by atoms with E-state index in [4.69, 9.17) is 0 Å². The van der Waals surface area contributed by atoms with E-state index in [1.807, 2.05) is 30.5 Å². The van der Waals surface area contributed by atoms with Gasteiger partial charge in [0.1, 0.15) is 5.69 Å². The molecule has 0 atom stereocenters. The molecule has 188 valence electrons. The predicted molar refractivity (Wildman–Crippen MR) is 140 cm³/mol. The van der Waals surface area contributed by atoms with Gasteiger partial charge in [0, 0.05) is 72.4 Å². The quantitative estimate of drug-likeness (QED) is 0.321. The number of nitrogens with zero attached hydrogens (tertiary/aromatic N) is 6. The number of hydrogen-bond acceptors (Lipinski definition) is 6. The van der Waals surface area contributed by atoms with E-state index >= 15 is 0 Å². The summed E-state index contributed by atoms with van der Waals surface area (Å²) in [6.45, 7) is 0.587. The maximum absolute atomic E-state index is 13.6. The fourth-order valence-electron chi connectivity index (χ4n) is 5.13. The van der Waals surface area contributed by atoms with Gasteiger partial charge < -0.3 is 4.98 Å². The number of aromatic nitrogens is 7. The zero-order valence-corrected chi connectivity index (χ0v) is 20.2. The summed E-state index contributed by atoms with van der Waals surface area (Å²) in [5.41, 5.74) is 7.81. The average molecular weight is 509 g/mol. The molecule has 1 aliphatic heterocycles. The van der Waals surface area contributed by atoms with Crippen LogP contribution < -0.4 is 0 Å². The van der Waals surface area contributed by atoms with Crippen LogP contribution >= 0.6 is 0 Å². The molecule has 38 heavy (non-hydrogen) atoms. The average Bonchev–Trinajstić information content (AvgIpc) is 3.64. The highest BCUT2D eigenvalue weighted by Crippen LogP contribution is 2.34. The van der Waals surface area contributed by atoms with Crippen LogP contribution in [-0.4, -0.2) is 59.0 Å². The van der Waals surface area contributed by atoms with Crippen molar-refractivity contribution in [2.75, 3.05) is 13.1 Å². The summed E-state index contributed by atoms with van der Waals surface area (Å²) in [4.78, 5) is 22.7. The molecule has 1 fully saturated rings. The van der Waals surface area contributed by atoms with Gasteiger partial charge in [0.15, 0.2) is 0 Å². The summed E-state index contributed by atoms with van der Waals surface area (Å²) >= 11 is 0. The molecular formula is C28H22F2N8. The van der Waals surface area contributed by atoms with Crippen molar-refractivity contribution in [3.05, 3.63) is 79.3 Å². The Morgan fingerprint density at radius 2 is 1.74 bits per heavy atom. The number of rotatable bonds is 5. The fraction of sp³-hybridized carbons (Fsp3) is 0.179. The number of fused-ring (bicyclic) bond motifs is 2. The molecule has 0 radical (unpaired) electrons. The van der Waals surface area contributed by atoms with Gasteiger partial charge in [0.2, 0.25) is 0 Å². The van der Waals surface area contributed by atoms with Gasteiger partial charge in [-0.05, 0) is 41.5 Å². The molecule has 10 heteroatoms. The van der Waals surface area contributed by atoms with E-state index in [-0.39, 0.29) is 13.0 Å². The molecule has 6 aromatic rings. The van der Waals surface area contributed by atoms with Gasteiger partial charge in [-0.15, -0.1) is 0 Å². The lowest BCUT2D eigenvalue weighted by atomic mass is 10.0. The van der Waals surface area contributed by atoms with E-state index in [1.54, 1.807) is 42.1 Å². The van der Waals surface area contributed by atoms with Gasteiger partial charge in [0.25, 0.3) is 5.92 Å². The third-order valence-electron chi connectivity index (χ3n) is 6.98. The molecule has 7 heterocycles. The van der Waals surface area contributed by atoms with E-state index in [0.717, 1.165) is 61.1 Å². The Morgan fingerprint density at radius 1 is 0.868 bits per heavy atom. The SMILES string of the molecule is FC1(F)CCN(Cc2cncc(-c3cc4c(-c5cc6c(-c7ccncc7)cncc6[nH]5)n[nH]c4cn3)c2)C1. The predicted octanol–water partition coefficient (Wildman–Crippen LogP) is 5.47. The zero-order chi connectivity index (χ0) is 25.7. The maximum Gasteiger partial charge on any atom is 0.261 e. The minimum atomic E-state index is -2.62. The van der Waals surface area contributed by atoms with Gasteiger partial charge in [-0.3, -0.25) is 29.9 Å². The topological polar surface area (TPSA) is 99.3 Å². The Morgan fingerprint density at radius 3 is 2.58 bits per heavy atom. The summed E-state index contributed by atoms with van der Waals surface area (Å²) in [6.07, 6.45) is 12.3. The molecule has 0 aromatic carbocycles. The number of alkyl halides is 2. The van der Waals surface area contributed by atoms with Crippen molar-refractivity contribution in [3.8, 4) is 33.8 Å². The van der Waals surface area contributed by atoms with Gasteiger partial charge in [0.05, 0.1) is 41.4 Å². The molecule has 2 N–H and O–H groups in total. The summed E-state index contributed by atoms with van der Waals surface area (Å²) in [6, 6.07) is 9.95. The molecule has 0 amide bonds. The third-order valence-corrected chi connectivity index (χ3v) is 6.98. The molecule has 6 aromatic heterocycles. The molecule has 8 nitrogen and oxygen atoms in total. The van der Waals surface area contributed by atoms with Crippen LogP contribution in [0, 0.1) is 0 Å². The molecule has 0 unspecified atom stereocenters. The van der Waals surface area contributed by atoms with Crippen molar-refractivity contribution < 1.29 is 8.78 Å². The Kier molecular flexibility index (Phi) is 5.22. The molecule has 1 aliphatic rings. The minimum Gasteiger partial charge on any atom is -0.352 e. The van der Waals surface area contributed by atoms with Crippen LogP contribution in [-0.2, 0) is 6.54 Å². The highest BCUT2D eigenvalue weighted by atomic mass is 19.3. The van der Waals surface area contributed by atoms with E-state index in [0.29, 0.717) is 13.1 Å². The number of likely N-dealkylation sites (tertiary alicyclic amines) is 1. The smallest absolute Gasteiger partial charge is 0.261 e. The normalized spacial score (nSPS) is 15.5. The lowest BCUT2D eigenvalue weighted by molar-refractivity contribution is 0.0115. The van der Waals surface area contributed by atoms with Crippen LogP contribution in [0.2, 0.25) is 0 Å². The first-order valence-electron chi connectivity index (χ1n) is 12.3. The molecule has 0 aliphatic carbocycles. The largest absolute Gasteiger partial charge is 0.352 e. The van der Waals surface area contributed by atoms with E-state index in [9.17, 15) is 8.78 Å². The van der Waals surface area contributed by atoms with Gasteiger partial charge in [-0.1, -0.05) is 0 Å². The van der Waals surface area contributed by atoms with Crippen LogP contribution in [0.25, 0.3) is 55.6 Å². The van der Waals surface area contributed by atoms with Crippen LogP contribution in [0.4, 0.5) is 8.78 Å². The zero-order valence-electron chi connectivity index (χ0n) is 20.2. The molecule has 0 spiro atoms. The Balaban J connectivity index is 1.24. The van der Waals surface area contributed by atoms with Crippen LogP contribution in [0.1, 0.15) is 12.0 Å². The first-order chi connectivity index (χ1) is 18.5. The number of halogens is 2. The first-order valence-corrected chi connectivity index (χ1v) is 12.3. The number of nitrogens with one attached hydrogen (secondary N) is 2. The lowest BCUT2D eigenvalue weighted by Crippen LogP contribution is -2.24. The second-order valence-corrected chi connectivity index (χ2v) is 9.65. The molecule has 7 rings (SSSR count). The van der Waals surface area contributed by atoms with Gasteiger partial charge >= 0.3 is 0 Å². The standard InChI is InChI=1S/C28H22F2N8/c29-28(30)3-6-38(16-28)15-17-7-19(11-32-10-17)23-9-21-26(14-34-23)36-37-27(21)24-8-20-22(12-33-13-25(20)35-24)18-1-4-31-5-2-18/h1-2,4-5,7-14,35H,3,6,15-16H2,(H,36,37). The molecule has 1 saturated heterocycles. The van der Waals surface area contributed by atoms with Gasteiger partial charge in [-0.2, -0.15) is 5.10 Å². The second-order valence-electron chi connectivity index (χ2n) is 9.65. The van der Waals surface area contributed by atoms with Gasteiger partial charge in [-0.25, -0.2) is 8.78 Å². The third kappa shape index (κ3) is 4.08. The van der Waals surface area contributed by atoms with Crippen molar-refractivity contribution in [1.29, 1.82) is 0 Å². The van der Waals surface area contributed by atoms with E-state index < -0.39 is 5.92 Å². The minimum absolute atomic E-state index is 0.102. The van der Waals surface area contributed by atoms with E-state index in [1.165, 1.54) is 0 Å². The number of H-pyrrole nitrogens is 2. The second kappa shape index (κ2) is 8.77. The van der Waals surface area contributed by atoms with Crippen molar-refractivity contribution in [3.63, 3.8) is 0 Å². The maximum atomic E-state index is 13.6. The monoisotopic (exact) mass is 508 g/mol. The van der Waals surface area contributed by atoms with Crippen molar-refractivity contribution in [2.45, 2.75) is 18.9 Å². The van der Waals surface area contributed by atoms with Crippen molar-refractivity contribution in [2.24, 2.45) is 0 Å². The first kappa shape index (κ1) is 22.6. The Hall–Kier alpha value is -4.57. The van der Waals surface area contributed by atoms with Crippen molar-refractivity contribution >= 4 is 21.8 Å². The molecule has 0 bridgehead atoms. The highest BCUT2D eigenvalue weighted by molar-refractivity contribution is 6.01. The van der Waals surface area contributed by atoms with Crippen LogP contribution in [0.3, 0.4) is 0 Å². The van der Waals surface area contributed by atoms with Crippen LogP contribution in [0.15, 0.2) is 73.7 Å². The van der Waals surface area contributed by atoms with Crippen molar-refractivity contribution in [1.82, 2.24) is 40.0 Å². The summed E-state index contributed by atoms with van der Waals surface area (Å²) in [5, 5.41) is 9.60. The number of hydrogen-bond donors (Lipinski definition) is 2. The summed E-state index contributed by atoms with van der Waals surface area (Å²) < 4.78 is 27.3. The summed E-state index contributed by atoms with van der Waals surface area (Å²) in [5.74, 6) is -2.62.